The van der Waals surface area contributed by atoms with Gasteiger partial charge in [-0.25, -0.2) is 4.39 Å². The molecule has 6 rings (SSSR count). The summed E-state index contributed by atoms with van der Waals surface area (Å²) in [6, 6.07) is 6.29. The molecule has 4 aliphatic rings. The molecule has 1 saturated carbocycles. The van der Waals surface area contributed by atoms with E-state index in [4.69, 9.17) is 0 Å². The maximum Gasteiger partial charge on any atom is 0.135 e. The molecule has 116 valence electrons. The van der Waals surface area contributed by atoms with Gasteiger partial charge < -0.3 is 4.90 Å². The van der Waals surface area contributed by atoms with Crippen LogP contribution >= 0.6 is 23.5 Å². The molecular formula is C17H14FN3S2. The molecular weight excluding hydrogens is 329 g/mol. The van der Waals surface area contributed by atoms with Crippen molar-refractivity contribution in [3.8, 4) is 11.8 Å². The van der Waals surface area contributed by atoms with E-state index in [1.54, 1.807) is 23.9 Å². The van der Waals surface area contributed by atoms with Gasteiger partial charge in [0.25, 0.3) is 0 Å². The van der Waals surface area contributed by atoms with Crippen molar-refractivity contribution in [2.75, 3.05) is 25.4 Å². The fourth-order valence-corrected chi connectivity index (χ4v) is 5.87. The van der Waals surface area contributed by atoms with Crippen molar-refractivity contribution in [2.45, 2.75) is 10.4 Å². The van der Waals surface area contributed by atoms with Gasteiger partial charge in [0.2, 0.25) is 0 Å². The van der Waals surface area contributed by atoms with Crippen molar-refractivity contribution in [1.82, 2.24) is 13.6 Å². The molecule has 4 atom stereocenters. The highest BCUT2D eigenvalue weighted by atomic mass is 32.2. The molecule has 0 radical (unpaired) electrons. The van der Waals surface area contributed by atoms with Crippen LogP contribution in [0.4, 0.5) is 4.39 Å². The van der Waals surface area contributed by atoms with Crippen LogP contribution in [-0.4, -0.2) is 39.0 Å². The first kappa shape index (κ1) is 14.0. The maximum atomic E-state index is 12.9. The van der Waals surface area contributed by atoms with Gasteiger partial charge in [-0.05, 0) is 36.1 Å². The first-order valence-corrected chi connectivity index (χ1v) is 9.41. The zero-order valence-electron chi connectivity index (χ0n) is 12.3. The number of aromatic nitrogens is 2. The van der Waals surface area contributed by atoms with Gasteiger partial charge in [-0.2, -0.15) is 8.75 Å². The second-order valence-electron chi connectivity index (χ2n) is 6.46. The first-order valence-electron chi connectivity index (χ1n) is 7.70. The Morgan fingerprint density at radius 1 is 1.26 bits per heavy atom. The Hall–Kier alpha value is -1.42. The molecule has 1 aromatic heterocycles. The Morgan fingerprint density at radius 3 is 2.74 bits per heavy atom. The van der Waals surface area contributed by atoms with E-state index in [1.165, 1.54) is 49.2 Å². The van der Waals surface area contributed by atoms with Gasteiger partial charge in [0, 0.05) is 30.6 Å². The van der Waals surface area contributed by atoms with E-state index in [-0.39, 0.29) is 5.82 Å². The summed E-state index contributed by atoms with van der Waals surface area (Å²) in [5.74, 6) is 8.30. The zero-order valence-corrected chi connectivity index (χ0v) is 14.0. The van der Waals surface area contributed by atoms with E-state index < -0.39 is 0 Å². The molecule has 4 bridgehead atoms. The molecule has 4 fully saturated rings. The maximum absolute atomic E-state index is 12.9. The number of nitrogens with zero attached hydrogens (tertiary/aromatic N) is 3. The van der Waals surface area contributed by atoms with Crippen LogP contribution in [0.25, 0.3) is 0 Å². The van der Waals surface area contributed by atoms with E-state index in [1.807, 2.05) is 0 Å². The summed E-state index contributed by atoms with van der Waals surface area (Å²) in [6.45, 7) is 3.66. The normalized spacial score (nSPS) is 32.7. The standard InChI is InChI=1S/C17H14FN3S2/c18-12-5-3-11(4-6-12)2-1-7-22-16-15(19-23-20-16)17-10-21-8-13(17)14(17)9-21/h3-6,13-14H,7-10H2/t13-,14+,17?. The second-order valence-corrected chi connectivity index (χ2v) is 7.96. The van der Waals surface area contributed by atoms with Crippen molar-refractivity contribution >= 4 is 23.5 Å². The lowest BCUT2D eigenvalue weighted by molar-refractivity contribution is 0.405. The summed E-state index contributed by atoms with van der Waals surface area (Å²) in [4.78, 5) is 2.55. The van der Waals surface area contributed by atoms with E-state index in [0.717, 1.165) is 22.4 Å². The van der Waals surface area contributed by atoms with Crippen molar-refractivity contribution in [3.63, 3.8) is 0 Å². The van der Waals surface area contributed by atoms with E-state index in [2.05, 4.69) is 25.5 Å². The van der Waals surface area contributed by atoms with Crippen molar-refractivity contribution < 1.29 is 4.39 Å². The van der Waals surface area contributed by atoms with Crippen LogP contribution in [-0.2, 0) is 5.41 Å². The molecule has 0 N–H and O–H groups in total. The lowest BCUT2D eigenvalue weighted by atomic mass is 10.0. The highest BCUT2D eigenvalue weighted by Gasteiger charge is 2.76. The fraction of sp³-hybridized carbons (Fsp3) is 0.412. The number of piperidine rings is 3. The van der Waals surface area contributed by atoms with Crippen LogP contribution in [0, 0.1) is 29.5 Å². The summed E-state index contributed by atoms with van der Waals surface area (Å²) in [5.41, 5.74) is 2.39. The minimum Gasteiger partial charge on any atom is -0.302 e. The molecule has 3 saturated heterocycles. The molecule has 4 heterocycles. The lowest BCUT2D eigenvalue weighted by Gasteiger charge is -2.08. The second kappa shape index (κ2) is 5.04. The van der Waals surface area contributed by atoms with E-state index in [0.29, 0.717) is 11.2 Å². The number of thioether (sulfide) groups is 1. The monoisotopic (exact) mass is 343 g/mol. The van der Waals surface area contributed by atoms with Gasteiger partial charge >= 0.3 is 0 Å². The first-order chi connectivity index (χ1) is 11.3. The lowest BCUT2D eigenvalue weighted by Crippen LogP contribution is -2.16. The summed E-state index contributed by atoms with van der Waals surface area (Å²) in [5, 5.41) is 1.07. The Labute approximate surface area is 142 Å². The third kappa shape index (κ3) is 2.07. The molecule has 0 amide bonds. The molecule has 6 heteroatoms. The molecule has 2 aromatic rings. The number of rotatable bonds is 3. The van der Waals surface area contributed by atoms with Gasteiger partial charge in [0.1, 0.15) is 10.8 Å². The van der Waals surface area contributed by atoms with E-state index >= 15 is 0 Å². The SMILES string of the molecule is Fc1ccc(C#CCSc2nsnc2C23CN4C[C@@H]2[C@@H]3C4)cc1. The Morgan fingerprint density at radius 2 is 2.04 bits per heavy atom. The summed E-state index contributed by atoms with van der Waals surface area (Å²) >= 11 is 3.00. The third-order valence-corrected chi connectivity index (χ3v) is 6.84. The highest BCUT2D eigenvalue weighted by Crippen LogP contribution is 2.69. The third-order valence-electron chi connectivity index (χ3n) is 5.35. The predicted octanol–water partition coefficient (Wildman–Crippen LogP) is 2.63. The number of hydrogen-bond acceptors (Lipinski definition) is 5. The van der Waals surface area contributed by atoms with Gasteiger partial charge in [-0.3, -0.25) is 0 Å². The highest BCUT2D eigenvalue weighted by molar-refractivity contribution is 7.99. The smallest absolute Gasteiger partial charge is 0.135 e. The largest absolute Gasteiger partial charge is 0.302 e. The van der Waals surface area contributed by atoms with Crippen LogP contribution in [0.15, 0.2) is 29.3 Å². The molecule has 3 nitrogen and oxygen atoms in total. The van der Waals surface area contributed by atoms with Crippen LogP contribution in [0.3, 0.4) is 0 Å². The van der Waals surface area contributed by atoms with Gasteiger partial charge in [-0.15, -0.1) is 0 Å². The topological polar surface area (TPSA) is 29.0 Å². The van der Waals surface area contributed by atoms with Crippen LogP contribution in [0.5, 0.6) is 0 Å². The predicted molar refractivity (Wildman–Crippen MR) is 89.0 cm³/mol. The summed E-state index contributed by atoms with van der Waals surface area (Å²) in [6.07, 6.45) is 0. The average Bonchev–Trinajstić information content (AvgIpc) is 3.15. The fourth-order valence-electron chi connectivity index (χ4n) is 4.31. The summed E-state index contributed by atoms with van der Waals surface area (Å²) in [7, 11) is 0. The Kier molecular flexibility index (Phi) is 3.06. The van der Waals surface area contributed by atoms with Gasteiger partial charge in [0.15, 0.2) is 0 Å². The average molecular weight is 343 g/mol. The quantitative estimate of drug-likeness (QED) is 0.633. The molecule has 2 unspecified atom stereocenters. The van der Waals surface area contributed by atoms with Crippen molar-refractivity contribution in [1.29, 1.82) is 0 Å². The zero-order chi connectivity index (χ0) is 15.4. The Bertz CT molecular complexity index is 808. The van der Waals surface area contributed by atoms with E-state index in [9.17, 15) is 4.39 Å². The Balaban J connectivity index is 1.28. The van der Waals surface area contributed by atoms with Crippen LogP contribution in [0.2, 0.25) is 0 Å². The van der Waals surface area contributed by atoms with Crippen LogP contribution in [0.1, 0.15) is 11.3 Å². The van der Waals surface area contributed by atoms with Crippen molar-refractivity contribution in [3.05, 3.63) is 41.3 Å². The van der Waals surface area contributed by atoms with Gasteiger partial charge in [-0.1, -0.05) is 23.6 Å². The van der Waals surface area contributed by atoms with Crippen molar-refractivity contribution in [2.24, 2.45) is 11.8 Å². The van der Waals surface area contributed by atoms with Crippen LogP contribution < -0.4 is 0 Å². The molecule has 3 aliphatic heterocycles. The number of halogens is 1. The molecule has 1 aliphatic carbocycles. The van der Waals surface area contributed by atoms with Gasteiger partial charge in [0.05, 0.1) is 23.2 Å². The summed E-state index contributed by atoms with van der Waals surface area (Å²) < 4.78 is 22.0. The number of hydrogen-bond donors (Lipinski definition) is 0. The number of benzene rings is 1. The minimum atomic E-state index is -0.230. The minimum absolute atomic E-state index is 0.230. The molecule has 0 spiro atoms. The molecule has 1 aromatic carbocycles. The molecule has 23 heavy (non-hydrogen) atoms.